The molecule has 0 aliphatic rings. The molecule has 0 aliphatic heterocycles. The summed E-state index contributed by atoms with van der Waals surface area (Å²) in [4.78, 5) is 15.3. The number of imidazole rings is 1. The van der Waals surface area contributed by atoms with Crippen molar-refractivity contribution in [3.8, 4) is 11.4 Å². The van der Waals surface area contributed by atoms with E-state index in [1.165, 1.54) is 0 Å². The third-order valence-corrected chi connectivity index (χ3v) is 3.80. The van der Waals surface area contributed by atoms with E-state index < -0.39 is 5.97 Å². The van der Waals surface area contributed by atoms with Crippen LogP contribution in [0.3, 0.4) is 0 Å². The van der Waals surface area contributed by atoms with Crippen molar-refractivity contribution in [2.24, 2.45) is 0 Å². The molecule has 0 radical (unpaired) electrons. The number of carboxylic acid groups (broad SMARTS) is 1. The van der Waals surface area contributed by atoms with E-state index in [2.05, 4.69) is 4.98 Å². The number of hydrogen-bond acceptors (Lipinski definition) is 3. The maximum absolute atomic E-state index is 11.3. The molecule has 5 nitrogen and oxygen atoms in total. The topological polar surface area (TPSA) is 64.3 Å². The van der Waals surface area contributed by atoms with Gasteiger partial charge < -0.3 is 9.84 Å². The Bertz CT molecular complexity index is 726. The van der Waals surface area contributed by atoms with Gasteiger partial charge in [-0.3, -0.25) is 4.57 Å². The Morgan fingerprint density at radius 2 is 2.26 bits per heavy atom. The summed E-state index contributed by atoms with van der Waals surface area (Å²) in [6, 6.07) is 5.37. The molecule has 1 heterocycles. The predicted octanol–water partition coefficient (Wildman–Crippen LogP) is 4.02. The van der Waals surface area contributed by atoms with Crippen LogP contribution in [-0.2, 0) is 4.79 Å². The predicted molar refractivity (Wildman–Crippen MR) is 90.7 cm³/mol. The van der Waals surface area contributed by atoms with Crippen LogP contribution in [0.4, 0.5) is 0 Å². The Balaban J connectivity index is 2.38. The number of hydrogen-bond donors (Lipinski definition) is 1. The summed E-state index contributed by atoms with van der Waals surface area (Å²) in [6.45, 7) is 0. The van der Waals surface area contributed by atoms with Gasteiger partial charge in [-0.1, -0.05) is 6.07 Å². The molecule has 1 aromatic carbocycles. The molecule has 0 saturated heterocycles. The number of alkyl halides is 1. The van der Waals surface area contributed by atoms with Crippen molar-refractivity contribution in [1.82, 2.24) is 9.55 Å². The van der Waals surface area contributed by atoms with E-state index >= 15 is 0 Å². The number of rotatable bonds is 7. The number of aromatic nitrogens is 2. The molecule has 0 aliphatic carbocycles. The number of halogens is 2. The summed E-state index contributed by atoms with van der Waals surface area (Å²) in [7, 11) is 1.54. The number of carbonyl (C=O) groups is 1. The molecule has 2 aromatic rings. The summed E-state index contributed by atoms with van der Waals surface area (Å²) in [5.74, 6) is 0.0444. The number of nitrogens with zero attached hydrogens (tertiary/aromatic N) is 2. The van der Waals surface area contributed by atoms with E-state index in [9.17, 15) is 9.90 Å². The SMILES string of the molecule is COc1cc(/C=C(/CCCCl)C(=O)O)ccc1-n1ccnc1Cl. The van der Waals surface area contributed by atoms with E-state index in [4.69, 9.17) is 27.9 Å². The summed E-state index contributed by atoms with van der Waals surface area (Å²) >= 11 is 11.7. The van der Waals surface area contributed by atoms with Crippen molar-refractivity contribution in [3.63, 3.8) is 0 Å². The zero-order valence-electron chi connectivity index (χ0n) is 12.5. The first-order valence-electron chi connectivity index (χ1n) is 6.94. The summed E-state index contributed by atoms with van der Waals surface area (Å²) < 4.78 is 7.06. The normalized spacial score (nSPS) is 11.5. The molecule has 0 bridgehead atoms. The van der Waals surface area contributed by atoms with Gasteiger partial charge >= 0.3 is 5.97 Å². The first-order valence-corrected chi connectivity index (χ1v) is 7.85. The molecule has 2 rings (SSSR count). The molecule has 0 saturated carbocycles. The minimum absolute atomic E-state index is 0.307. The highest BCUT2D eigenvalue weighted by Gasteiger charge is 2.11. The van der Waals surface area contributed by atoms with Gasteiger partial charge in [-0.05, 0) is 48.2 Å². The average Bonchev–Trinajstić information content (AvgIpc) is 2.96. The zero-order chi connectivity index (χ0) is 16.8. The van der Waals surface area contributed by atoms with Crippen LogP contribution in [0.2, 0.25) is 5.28 Å². The Morgan fingerprint density at radius 3 is 2.83 bits per heavy atom. The zero-order valence-corrected chi connectivity index (χ0v) is 14.0. The fraction of sp³-hybridized carbons (Fsp3) is 0.250. The Morgan fingerprint density at radius 1 is 1.48 bits per heavy atom. The van der Waals surface area contributed by atoms with Crippen molar-refractivity contribution in [3.05, 3.63) is 47.0 Å². The van der Waals surface area contributed by atoms with Gasteiger partial charge in [0.15, 0.2) is 0 Å². The lowest BCUT2D eigenvalue weighted by Crippen LogP contribution is -2.01. The van der Waals surface area contributed by atoms with Crippen LogP contribution < -0.4 is 4.74 Å². The highest BCUT2D eigenvalue weighted by atomic mass is 35.5. The standard InChI is InChI=1S/C16H16Cl2N2O3/c1-23-14-10-11(9-12(15(21)22)3-2-6-17)4-5-13(14)20-8-7-19-16(20)18/h4-5,7-10H,2-3,6H2,1H3,(H,21,22)/b12-9-. The van der Waals surface area contributed by atoms with Gasteiger partial charge in [0.25, 0.3) is 0 Å². The Hall–Kier alpha value is -1.98. The molecule has 0 amide bonds. The highest BCUT2D eigenvalue weighted by molar-refractivity contribution is 6.28. The molecule has 0 spiro atoms. The van der Waals surface area contributed by atoms with Crippen LogP contribution >= 0.6 is 23.2 Å². The largest absolute Gasteiger partial charge is 0.495 e. The van der Waals surface area contributed by atoms with E-state index in [0.717, 1.165) is 11.3 Å². The molecule has 0 unspecified atom stereocenters. The first-order chi connectivity index (χ1) is 11.1. The van der Waals surface area contributed by atoms with Crippen LogP contribution in [0.1, 0.15) is 18.4 Å². The van der Waals surface area contributed by atoms with E-state index in [1.807, 2.05) is 0 Å². The van der Waals surface area contributed by atoms with Crippen molar-refractivity contribution in [2.75, 3.05) is 13.0 Å². The fourth-order valence-corrected chi connectivity index (χ4v) is 2.48. The van der Waals surface area contributed by atoms with E-state index in [-0.39, 0.29) is 0 Å². The summed E-state index contributed by atoms with van der Waals surface area (Å²) in [5, 5.41) is 9.58. The minimum atomic E-state index is -0.948. The number of ether oxygens (including phenoxy) is 1. The lowest BCUT2D eigenvalue weighted by Gasteiger charge is -2.11. The van der Waals surface area contributed by atoms with Crippen LogP contribution in [0, 0.1) is 0 Å². The smallest absolute Gasteiger partial charge is 0.331 e. The van der Waals surface area contributed by atoms with Gasteiger partial charge in [0.1, 0.15) is 5.75 Å². The van der Waals surface area contributed by atoms with Gasteiger partial charge in [0.05, 0.1) is 12.8 Å². The third-order valence-electron chi connectivity index (χ3n) is 3.25. The number of aliphatic carboxylic acids is 1. The van der Waals surface area contributed by atoms with Crippen LogP contribution in [0.5, 0.6) is 5.75 Å². The second-order valence-electron chi connectivity index (χ2n) is 4.76. The van der Waals surface area contributed by atoms with Crippen molar-refractivity contribution >= 4 is 35.2 Å². The van der Waals surface area contributed by atoms with Gasteiger partial charge in [0.2, 0.25) is 5.28 Å². The number of carboxylic acids is 1. The molecule has 23 heavy (non-hydrogen) atoms. The lowest BCUT2D eigenvalue weighted by molar-refractivity contribution is -0.132. The van der Waals surface area contributed by atoms with Gasteiger partial charge in [-0.25, -0.2) is 9.78 Å². The van der Waals surface area contributed by atoms with Crippen LogP contribution in [0.15, 0.2) is 36.2 Å². The number of methoxy groups -OCH3 is 1. The van der Waals surface area contributed by atoms with E-state index in [0.29, 0.717) is 35.3 Å². The maximum Gasteiger partial charge on any atom is 0.331 e. The van der Waals surface area contributed by atoms with Crippen molar-refractivity contribution < 1.29 is 14.6 Å². The fourth-order valence-electron chi connectivity index (χ4n) is 2.15. The molecule has 1 N–H and O–H groups in total. The quantitative estimate of drug-likeness (QED) is 0.602. The third kappa shape index (κ3) is 4.27. The number of benzene rings is 1. The monoisotopic (exact) mass is 354 g/mol. The minimum Gasteiger partial charge on any atom is -0.495 e. The molecule has 7 heteroatoms. The molecular formula is C16H16Cl2N2O3. The van der Waals surface area contributed by atoms with Crippen LogP contribution in [-0.4, -0.2) is 33.6 Å². The second-order valence-corrected chi connectivity index (χ2v) is 5.48. The molecular weight excluding hydrogens is 339 g/mol. The second kappa shape index (κ2) is 8.04. The average molecular weight is 355 g/mol. The van der Waals surface area contributed by atoms with E-state index in [1.54, 1.807) is 48.3 Å². The molecule has 0 atom stereocenters. The Kier molecular flexibility index (Phi) is 6.07. The van der Waals surface area contributed by atoms with Gasteiger partial charge in [-0.2, -0.15) is 0 Å². The Labute approximate surface area is 144 Å². The highest BCUT2D eigenvalue weighted by Crippen LogP contribution is 2.28. The summed E-state index contributed by atoms with van der Waals surface area (Å²) in [5.41, 5.74) is 1.76. The van der Waals surface area contributed by atoms with Crippen molar-refractivity contribution in [2.45, 2.75) is 12.8 Å². The van der Waals surface area contributed by atoms with Crippen molar-refractivity contribution in [1.29, 1.82) is 0 Å². The lowest BCUT2D eigenvalue weighted by atomic mass is 10.1. The molecule has 1 aromatic heterocycles. The summed E-state index contributed by atoms with van der Waals surface area (Å²) in [6.07, 6.45) is 5.95. The molecule has 0 fully saturated rings. The van der Waals surface area contributed by atoms with Crippen LogP contribution in [0.25, 0.3) is 11.8 Å². The van der Waals surface area contributed by atoms with Gasteiger partial charge in [-0.15, -0.1) is 11.6 Å². The first kappa shape index (κ1) is 17.4. The maximum atomic E-state index is 11.3. The molecule has 122 valence electrons. The van der Waals surface area contributed by atoms with Gasteiger partial charge in [0, 0.05) is 23.8 Å².